The van der Waals surface area contributed by atoms with Gasteiger partial charge in [0.2, 0.25) is 10.0 Å². The summed E-state index contributed by atoms with van der Waals surface area (Å²) in [6, 6.07) is 3.58. The molecule has 1 heterocycles. The highest BCUT2D eigenvalue weighted by atomic mass is 32.2. The zero-order valence-corrected chi connectivity index (χ0v) is 17.3. The minimum atomic E-state index is -4.86. The first-order valence-corrected chi connectivity index (χ1v) is 10.6. The van der Waals surface area contributed by atoms with E-state index in [9.17, 15) is 26.4 Å². The van der Waals surface area contributed by atoms with Crippen LogP contribution in [-0.2, 0) is 14.8 Å². The molecule has 0 aromatic heterocycles. The predicted molar refractivity (Wildman–Crippen MR) is 98.9 cm³/mol. The zero-order chi connectivity index (χ0) is 21.9. The maximum absolute atomic E-state index is 13.0. The van der Waals surface area contributed by atoms with Gasteiger partial charge in [0, 0.05) is 19.1 Å². The number of carbonyl (C=O) groups excluding carboxylic acids is 1. The molecule has 0 aliphatic carbocycles. The lowest BCUT2D eigenvalue weighted by atomic mass is 10.1. The van der Waals surface area contributed by atoms with E-state index in [0.717, 1.165) is 30.7 Å². The van der Waals surface area contributed by atoms with Crippen molar-refractivity contribution in [3.05, 3.63) is 24.3 Å². The number of nitrogens with zero attached hydrogens (tertiary/aromatic N) is 1. The highest BCUT2D eigenvalue weighted by Crippen LogP contribution is 2.28. The number of carbonyl (C=O) groups is 1. The summed E-state index contributed by atoms with van der Waals surface area (Å²) in [6.07, 6.45) is -3.51. The Kier molecular flexibility index (Phi) is 7.05. The highest BCUT2D eigenvalue weighted by molar-refractivity contribution is 7.89. The van der Waals surface area contributed by atoms with Crippen LogP contribution in [0.5, 0.6) is 5.75 Å². The summed E-state index contributed by atoms with van der Waals surface area (Å²) < 4.78 is 73.0. The second-order valence-electron chi connectivity index (χ2n) is 7.67. The van der Waals surface area contributed by atoms with Gasteiger partial charge in [-0.2, -0.15) is 4.31 Å². The van der Waals surface area contributed by atoms with Crippen molar-refractivity contribution in [2.75, 3.05) is 13.1 Å². The summed E-state index contributed by atoms with van der Waals surface area (Å²) in [5.41, 5.74) is -0.678. The van der Waals surface area contributed by atoms with E-state index >= 15 is 0 Å². The van der Waals surface area contributed by atoms with Crippen LogP contribution in [0.4, 0.5) is 18.0 Å². The lowest BCUT2D eigenvalue weighted by Crippen LogP contribution is -2.49. The molecule has 1 atom stereocenters. The fourth-order valence-corrected chi connectivity index (χ4v) is 4.65. The van der Waals surface area contributed by atoms with E-state index in [1.54, 1.807) is 20.8 Å². The van der Waals surface area contributed by atoms with Crippen LogP contribution in [0.2, 0.25) is 0 Å². The van der Waals surface area contributed by atoms with Gasteiger partial charge in [-0.25, -0.2) is 13.2 Å². The van der Waals surface area contributed by atoms with E-state index < -0.39 is 39.9 Å². The maximum Gasteiger partial charge on any atom is 0.573 e. The molecular formula is C18H25F3N2O5S. The first-order chi connectivity index (χ1) is 13.3. The van der Waals surface area contributed by atoms with Crippen LogP contribution in [0.25, 0.3) is 0 Å². The van der Waals surface area contributed by atoms with Gasteiger partial charge in [-0.15, -0.1) is 13.2 Å². The van der Waals surface area contributed by atoms with Crippen LogP contribution >= 0.6 is 0 Å². The molecule has 0 spiro atoms. The van der Waals surface area contributed by atoms with Crippen molar-refractivity contribution in [3.63, 3.8) is 0 Å². The molecule has 1 aliphatic heterocycles. The molecule has 1 N–H and O–H groups in total. The Morgan fingerprint density at radius 3 is 2.34 bits per heavy atom. The molecule has 1 aromatic carbocycles. The zero-order valence-electron chi connectivity index (χ0n) is 16.5. The van der Waals surface area contributed by atoms with E-state index in [2.05, 4.69) is 10.1 Å². The molecule has 0 radical (unpaired) electrons. The Bertz CT molecular complexity index is 804. The minimum absolute atomic E-state index is 0.0728. The van der Waals surface area contributed by atoms with Gasteiger partial charge >= 0.3 is 12.5 Å². The number of benzene rings is 1. The normalized spacial score (nSPS) is 18.9. The summed E-state index contributed by atoms with van der Waals surface area (Å²) in [7, 11) is -3.95. The molecule has 1 unspecified atom stereocenters. The molecular weight excluding hydrogens is 413 g/mol. The van der Waals surface area contributed by atoms with Crippen molar-refractivity contribution < 1.29 is 35.9 Å². The third-order valence-electron chi connectivity index (χ3n) is 4.12. The molecule has 1 fully saturated rings. The van der Waals surface area contributed by atoms with Crippen molar-refractivity contribution in [3.8, 4) is 5.75 Å². The molecule has 1 amide bonds. The number of hydrogen-bond donors (Lipinski definition) is 1. The van der Waals surface area contributed by atoms with Crippen LogP contribution in [-0.4, -0.2) is 49.9 Å². The minimum Gasteiger partial charge on any atom is -0.444 e. The average Bonchev–Trinajstić information content (AvgIpc) is 2.58. The SMILES string of the molecule is CC(C)(C)OC(=O)NCC1CCCCN1S(=O)(=O)c1ccc(OC(F)(F)F)cc1. The Hall–Kier alpha value is -2.01. The molecule has 164 valence electrons. The second kappa shape index (κ2) is 8.78. The molecule has 1 aliphatic rings. The van der Waals surface area contributed by atoms with E-state index in [-0.39, 0.29) is 18.0 Å². The smallest absolute Gasteiger partial charge is 0.444 e. The number of nitrogens with one attached hydrogen (secondary N) is 1. The fraction of sp³-hybridized carbons (Fsp3) is 0.611. The Morgan fingerprint density at radius 1 is 1.17 bits per heavy atom. The van der Waals surface area contributed by atoms with Crippen LogP contribution in [0.3, 0.4) is 0 Å². The quantitative estimate of drug-likeness (QED) is 0.759. The van der Waals surface area contributed by atoms with Gasteiger partial charge in [-0.1, -0.05) is 6.42 Å². The first kappa shape index (κ1) is 23.3. The Morgan fingerprint density at radius 2 is 1.79 bits per heavy atom. The summed E-state index contributed by atoms with van der Waals surface area (Å²) in [4.78, 5) is 11.7. The van der Waals surface area contributed by atoms with Gasteiger partial charge in [0.15, 0.2) is 0 Å². The summed E-state index contributed by atoms with van der Waals surface area (Å²) in [6.45, 7) is 5.48. The number of alkyl carbamates (subject to hydrolysis) is 1. The lowest BCUT2D eigenvalue weighted by molar-refractivity contribution is -0.274. The number of hydrogen-bond acceptors (Lipinski definition) is 5. The van der Waals surface area contributed by atoms with Gasteiger partial charge in [0.05, 0.1) is 4.90 Å². The van der Waals surface area contributed by atoms with Gasteiger partial charge in [0.1, 0.15) is 11.4 Å². The van der Waals surface area contributed by atoms with Gasteiger partial charge < -0.3 is 14.8 Å². The highest BCUT2D eigenvalue weighted by Gasteiger charge is 2.35. The average molecular weight is 438 g/mol. The van der Waals surface area contributed by atoms with E-state index in [1.165, 1.54) is 4.31 Å². The van der Waals surface area contributed by atoms with E-state index in [0.29, 0.717) is 12.8 Å². The van der Waals surface area contributed by atoms with Crippen molar-refractivity contribution >= 4 is 16.1 Å². The molecule has 1 saturated heterocycles. The van der Waals surface area contributed by atoms with Crippen LogP contribution < -0.4 is 10.1 Å². The van der Waals surface area contributed by atoms with Crippen molar-refractivity contribution in [2.24, 2.45) is 0 Å². The fourth-order valence-electron chi connectivity index (χ4n) is 2.96. The van der Waals surface area contributed by atoms with Gasteiger partial charge in [-0.05, 0) is 57.9 Å². The number of ether oxygens (including phenoxy) is 2. The van der Waals surface area contributed by atoms with Crippen LogP contribution in [0.15, 0.2) is 29.2 Å². The third-order valence-corrected chi connectivity index (χ3v) is 6.08. The molecule has 0 bridgehead atoms. The van der Waals surface area contributed by atoms with E-state index in [1.807, 2.05) is 0 Å². The molecule has 2 rings (SSSR count). The number of sulfonamides is 1. The number of rotatable bonds is 5. The molecule has 11 heteroatoms. The summed E-state index contributed by atoms with van der Waals surface area (Å²) in [5.74, 6) is -0.502. The van der Waals surface area contributed by atoms with Gasteiger partial charge in [0.25, 0.3) is 0 Å². The van der Waals surface area contributed by atoms with Crippen LogP contribution in [0, 0.1) is 0 Å². The van der Waals surface area contributed by atoms with Crippen molar-refractivity contribution in [1.29, 1.82) is 0 Å². The van der Waals surface area contributed by atoms with Crippen molar-refractivity contribution in [1.82, 2.24) is 9.62 Å². The topological polar surface area (TPSA) is 84.9 Å². The molecule has 29 heavy (non-hydrogen) atoms. The number of alkyl halides is 3. The Balaban J connectivity index is 2.11. The summed E-state index contributed by atoms with van der Waals surface area (Å²) in [5, 5.41) is 2.59. The molecule has 0 saturated carbocycles. The van der Waals surface area contributed by atoms with Gasteiger partial charge in [-0.3, -0.25) is 0 Å². The third kappa shape index (κ3) is 7.07. The second-order valence-corrected chi connectivity index (χ2v) is 9.56. The van der Waals surface area contributed by atoms with E-state index in [4.69, 9.17) is 4.74 Å². The maximum atomic E-state index is 13.0. The largest absolute Gasteiger partial charge is 0.573 e. The summed E-state index contributed by atoms with van der Waals surface area (Å²) >= 11 is 0. The Labute approximate surface area is 168 Å². The predicted octanol–water partition coefficient (Wildman–Crippen LogP) is 3.65. The van der Waals surface area contributed by atoms with Crippen molar-refractivity contribution in [2.45, 2.75) is 62.9 Å². The first-order valence-electron chi connectivity index (χ1n) is 9.12. The number of piperidine rings is 1. The monoisotopic (exact) mass is 438 g/mol. The number of amides is 1. The molecule has 1 aromatic rings. The van der Waals surface area contributed by atoms with Crippen LogP contribution in [0.1, 0.15) is 40.0 Å². The molecule has 7 nitrogen and oxygen atoms in total. The lowest BCUT2D eigenvalue weighted by Gasteiger charge is -2.35. The standard InChI is InChI=1S/C18H25F3N2O5S/c1-17(2,3)28-16(24)22-12-13-6-4-5-11-23(13)29(25,26)15-9-7-14(8-10-15)27-18(19,20)21/h7-10,13H,4-6,11-12H2,1-3H3,(H,22,24). The number of halogens is 3.